The third-order valence-electron chi connectivity index (χ3n) is 2.85. The summed E-state index contributed by atoms with van der Waals surface area (Å²) in [4.78, 5) is 36.3. The Morgan fingerprint density at radius 3 is 2.42 bits per heavy atom. The highest BCUT2D eigenvalue weighted by atomic mass is 32.2. The summed E-state index contributed by atoms with van der Waals surface area (Å²) in [6.07, 6.45) is 0. The number of carboxylic acid groups (broad SMARTS) is 1. The van der Waals surface area contributed by atoms with Crippen LogP contribution in [-0.2, 0) is 14.4 Å². The van der Waals surface area contributed by atoms with Gasteiger partial charge in [-0.3, -0.25) is 9.59 Å². The van der Waals surface area contributed by atoms with Crippen LogP contribution in [0, 0.1) is 5.41 Å². The zero-order valence-electron chi connectivity index (χ0n) is 11.6. The minimum atomic E-state index is -1.01. The zero-order valence-corrected chi connectivity index (χ0v) is 12.4. The standard InChI is InChI=1S/C12H20N2O4S/c1-7(13-11(18)12(2,3)4)9(15)14-6-19-5-8(14)10(16)17/h7-8H,5-6H2,1-4H3,(H,13,18)(H,16,17)/t7?,8-/m0/s1. The summed E-state index contributed by atoms with van der Waals surface area (Å²) in [7, 11) is 0. The first-order valence-electron chi connectivity index (χ1n) is 6.06. The van der Waals surface area contributed by atoms with E-state index in [-0.39, 0.29) is 11.8 Å². The Balaban J connectivity index is 2.67. The molecule has 6 nitrogen and oxygen atoms in total. The summed E-state index contributed by atoms with van der Waals surface area (Å²) in [5, 5.41) is 11.7. The minimum absolute atomic E-state index is 0.230. The van der Waals surface area contributed by atoms with Gasteiger partial charge in [0.25, 0.3) is 0 Å². The van der Waals surface area contributed by atoms with Crippen LogP contribution in [0.3, 0.4) is 0 Å². The Morgan fingerprint density at radius 2 is 1.95 bits per heavy atom. The monoisotopic (exact) mass is 288 g/mol. The van der Waals surface area contributed by atoms with Gasteiger partial charge >= 0.3 is 5.97 Å². The van der Waals surface area contributed by atoms with Crippen LogP contribution >= 0.6 is 11.8 Å². The number of thioether (sulfide) groups is 1. The fourth-order valence-electron chi connectivity index (χ4n) is 1.59. The van der Waals surface area contributed by atoms with E-state index in [1.54, 1.807) is 27.7 Å². The molecule has 1 saturated heterocycles. The molecule has 0 spiro atoms. The fourth-order valence-corrected chi connectivity index (χ4v) is 2.74. The van der Waals surface area contributed by atoms with Crippen LogP contribution in [0.1, 0.15) is 27.7 Å². The number of hydrogen-bond donors (Lipinski definition) is 2. The Morgan fingerprint density at radius 1 is 1.37 bits per heavy atom. The Labute approximate surface area is 116 Å². The van der Waals surface area contributed by atoms with Crippen LogP contribution < -0.4 is 5.32 Å². The Bertz CT molecular complexity index is 392. The number of carbonyl (C=O) groups excluding carboxylic acids is 2. The van der Waals surface area contributed by atoms with Crippen LogP contribution in [0.5, 0.6) is 0 Å². The molecule has 0 bridgehead atoms. The highest BCUT2D eigenvalue weighted by molar-refractivity contribution is 7.99. The molecule has 1 fully saturated rings. The van der Waals surface area contributed by atoms with Crippen molar-refractivity contribution in [3.63, 3.8) is 0 Å². The first-order chi connectivity index (χ1) is 8.64. The van der Waals surface area contributed by atoms with Crippen molar-refractivity contribution in [2.75, 3.05) is 11.6 Å². The van der Waals surface area contributed by atoms with Crippen molar-refractivity contribution in [2.24, 2.45) is 5.41 Å². The predicted molar refractivity (Wildman–Crippen MR) is 72.7 cm³/mol. The van der Waals surface area contributed by atoms with E-state index in [9.17, 15) is 14.4 Å². The van der Waals surface area contributed by atoms with E-state index < -0.39 is 23.5 Å². The summed E-state index contributed by atoms with van der Waals surface area (Å²) in [6.45, 7) is 6.84. The molecule has 1 rings (SSSR count). The van der Waals surface area contributed by atoms with Crippen LogP contribution in [0.25, 0.3) is 0 Å². The molecule has 0 aliphatic carbocycles. The molecule has 0 aromatic rings. The van der Waals surface area contributed by atoms with E-state index in [0.29, 0.717) is 11.6 Å². The van der Waals surface area contributed by atoms with Crippen molar-refractivity contribution < 1.29 is 19.5 Å². The van der Waals surface area contributed by atoms with E-state index in [4.69, 9.17) is 5.11 Å². The van der Waals surface area contributed by atoms with Gasteiger partial charge in [-0.25, -0.2) is 4.79 Å². The summed E-state index contributed by atoms with van der Waals surface area (Å²) in [5.74, 6) is -0.846. The van der Waals surface area contributed by atoms with Crippen LogP contribution in [-0.4, -0.2) is 51.5 Å². The molecule has 108 valence electrons. The number of hydrogen-bond acceptors (Lipinski definition) is 4. The van der Waals surface area contributed by atoms with Crippen molar-refractivity contribution in [1.29, 1.82) is 0 Å². The van der Waals surface area contributed by atoms with Gasteiger partial charge in [-0.15, -0.1) is 11.8 Å². The average molecular weight is 288 g/mol. The van der Waals surface area contributed by atoms with Crippen LogP contribution in [0.4, 0.5) is 0 Å². The molecule has 1 aliphatic rings. The van der Waals surface area contributed by atoms with Gasteiger partial charge in [-0.2, -0.15) is 0 Å². The second kappa shape index (κ2) is 5.81. The first kappa shape index (κ1) is 15.8. The maximum absolute atomic E-state index is 12.2. The van der Waals surface area contributed by atoms with E-state index >= 15 is 0 Å². The van der Waals surface area contributed by atoms with Crippen molar-refractivity contribution in [2.45, 2.75) is 39.8 Å². The number of nitrogens with zero attached hydrogens (tertiary/aromatic N) is 1. The van der Waals surface area contributed by atoms with Crippen LogP contribution in [0.15, 0.2) is 0 Å². The van der Waals surface area contributed by atoms with Crippen molar-refractivity contribution in [1.82, 2.24) is 10.2 Å². The fraction of sp³-hybridized carbons (Fsp3) is 0.750. The van der Waals surface area contributed by atoms with Crippen molar-refractivity contribution >= 4 is 29.5 Å². The largest absolute Gasteiger partial charge is 0.480 e. The number of carbonyl (C=O) groups is 3. The van der Waals surface area contributed by atoms with Crippen molar-refractivity contribution in [3.8, 4) is 0 Å². The lowest BCUT2D eigenvalue weighted by molar-refractivity contribution is -0.149. The van der Waals surface area contributed by atoms with Gasteiger partial charge in [0, 0.05) is 11.2 Å². The molecular weight excluding hydrogens is 268 g/mol. The summed E-state index contributed by atoms with van der Waals surface area (Å²) >= 11 is 1.40. The van der Waals surface area contributed by atoms with E-state index in [2.05, 4.69) is 5.32 Å². The Kier molecular flexibility index (Phi) is 4.84. The van der Waals surface area contributed by atoms with E-state index in [1.807, 2.05) is 0 Å². The molecule has 7 heteroatoms. The van der Waals surface area contributed by atoms with Gasteiger partial charge in [-0.05, 0) is 6.92 Å². The summed E-state index contributed by atoms with van der Waals surface area (Å²) in [6, 6.07) is -1.52. The quantitative estimate of drug-likeness (QED) is 0.791. The molecule has 1 unspecified atom stereocenters. The number of amides is 2. The molecule has 0 saturated carbocycles. The molecule has 1 aliphatic heterocycles. The predicted octanol–water partition coefficient (Wildman–Crippen LogP) is 0.523. The number of rotatable bonds is 3. The summed E-state index contributed by atoms with van der Waals surface area (Å²) < 4.78 is 0. The minimum Gasteiger partial charge on any atom is -0.480 e. The normalized spacial score (nSPS) is 21.1. The van der Waals surface area contributed by atoms with Crippen LogP contribution in [0.2, 0.25) is 0 Å². The first-order valence-corrected chi connectivity index (χ1v) is 7.22. The van der Waals surface area contributed by atoms with E-state index in [0.717, 1.165) is 0 Å². The average Bonchev–Trinajstić information content (AvgIpc) is 2.75. The second-order valence-electron chi connectivity index (χ2n) is 5.61. The molecule has 0 aromatic carbocycles. The lowest BCUT2D eigenvalue weighted by Crippen LogP contribution is -2.52. The molecular formula is C12H20N2O4S. The van der Waals surface area contributed by atoms with E-state index in [1.165, 1.54) is 16.7 Å². The number of nitrogens with one attached hydrogen (secondary N) is 1. The maximum atomic E-state index is 12.2. The highest BCUT2D eigenvalue weighted by Gasteiger charge is 2.37. The van der Waals surface area contributed by atoms with Gasteiger partial charge in [0.15, 0.2) is 0 Å². The number of carboxylic acids is 1. The Hall–Kier alpha value is -1.24. The molecule has 2 N–H and O–H groups in total. The number of aliphatic carboxylic acids is 1. The third-order valence-corrected chi connectivity index (χ3v) is 3.86. The van der Waals surface area contributed by atoms with Gasteiger partial charge in [-0.1, -0.05) is 20.8 Å². The lowest BCUT2D eigenvalue weighted by atomic mass is 9.95. The zero-order chi connectivity index (χ0) is 14.8. The molecule has 2 atom stereocenters. The van der Waals surface area contributed by atoms with Gasteiger partial charge in [0.05, 0.1) is 5.88 Å². The molecule has 19 heavy (non-hydrogen) atoms. The smallest absolute Gasteiger partial charge is 0.327 e. The molecule has 0 radical (unpaired) electrons. The van der Waals surface area contributed by atoms with Gasteiger partial charge in [0.1, 0.15) is 12.1 Å². The third kappa shape index (κ3) is 3.86. The second-order valence-corrected chi connectivity index (χ2v) is 6.61. The topological polar surface area (TPSA) is 86.7 Å². The highest BCUT2D eigenvalue weighted by Crippen LogP contribution is 2.22. The summed E-state index contributed by atoms with van der Waals surface area (Å²) in [5.41, 5.74) is -0.583. The molecule has 1 heterocycles. The van der Waals surface area contributed by atoms with Gasteiger partial charge < -0.3 is 15.3 Å². The molecule has 2 amide bonds. The SMILES string of the molecule is CC(NC(=O)C(C)(C)C)C(=O)N1CSC[C@H]1C(=O)O. The van der Waals surface area contributed by atoms with Crippen molar-refractivity contribution in [3.05, 3.63) is 0 Å². The van der Waals surface area contributed by atoms with Gasteiger partial charge in [0.2, 0.25) is 11.8 Å². The maximum Gasteiger partial charge on any atom is 0.327 e. The lowest BCUT2D eigenvalue weighted by Gasteiger charge is -2.26. The molecule has 0 aromatic heterocycles.